The first-order valence-electron chi connectivity index (χ1n) is 6.68. The summed E-state index contributed by atoms with van der Waals surface area (Å²) in [7, 11) is 0. The fourth-order valence-corrected chi connectivity index (χ4v) is 1.92. The molecule has 1 aromatic heterocycles. The zero-order valence-corrected chi connectivity index (χ0v) is 11.7. The minimum Gasteiger partial charge on any atom is -0.392 e. The molecule has 110 valence electrons. The van der Waals surface area contributed by atoms with Crippen molar-refractivity contribution in [2.75, 3.05) is 0 Å². The number of nitrogens with one attached hydrogen (secondary N) is 1. The van der Waals surface area contributed by atoms with Gasteiger partial charge in [-0.3, -0.25) is 14.3 Å². The molecule has 0 bridgehead atoms. The summed E-state index contributed by atoms with van der Waals surface area (Å²) < 4.78 is 1.58. The van der Waals surface area contributed by atoms with Gasteiger partial charge < -0.3 is 10.4 Å². The molecule has 2 aromatic rings. The van der Waals surface area contributed by atoms with Gasteiger partial charge in [-0.15, -0.1) is 0 Å². The largest absolute Gasteiger partial charge is 0.392 e. The van der Waals surface area contributed by atoms with Crippen molar-refractivity contribution in [3.05, 3.63) is 53.3 Å². The number of hydrogen-bond acceptors (Lipinski definition) is 4. The standard InChI is InChI=1S/C15H17N3O3/c1-2-18-9-13(8-17-18)14(20)15(21)16-7-11-5-3-4-6-12(11)10-19/h3-6,8-9,19H,2,7,10H2,1H3,(H,16,21). The lowest BCUT2D eigenvalue weighted by molar-refractivity contribution is -0.117. The van der Waals surface area contributed by atoms with Crippen LogP contribution in [0.4, 0.5) is 0 Å². The van der Waals surface area contributed by atoms with Crippen LogP contribution in [0.5, 0.6) is 0 Å². The molecule has 1 amide bonds. The lowest BCUT2D eigenvalue weighted by Crippen LogP contribution is -2.30. The van der Waals surface area contributed by atoms with E-state index in [9.17, 15) is 14.7 Å². The highest BCUT2D eigenvalue weighted by atomic mass is 16.3. The summed E-state index contributed by atoms with van der Waals surface area (Å²) in [6.45, 7) is 2.62. The summed E-state index contributed by atoms with van der Waals surface area (Å²) >= 11 is 0. The summed E-state index contributed by atoms with van der Waals surface area (Å²) in [6.07, 6.45) is 2.93. The molecule has 1 heterocycles. The summed E-state index contributed by atoms with van der Waals surface area (Å²) in [5, 5.41) is 15.7. The molecule has 0 atom stereocenters. The Labute approximate surface area is 122 Å². The summed E-state index contributed by atoms with van der Waals surface area (Å²) in [5.74, 6) is -1.30. The van der Waals surface area contributed by atoms with Crippen LogP contribution in [-0.2, 0) is 24.5 Å². The maximum absolute atomic E-state index is 11.9. The minimum atomic E-state index is -0.682. The Hall–Kier alpha value is -2.47. The molecule has 21 heavy (non-hydrogen) atoms. The van der Waals surface area contributed by atoms with Crippen molar-refractivity contribution >= 4 is 11.7 Å². The molecule has 0 radical (unpaired) electrons. The SMILES string of the molecule is CCn1cc(C(=O)C(=O)NCc2ccccc2CO)cn1. The van der Waals surface area contributed by atoms with Crippen molar-refractivity contribution in [3.8, 4) is 0 Å². The molecule has 2 rings (SSSR count). The quantitative estimate of drug-likeness (QED) is 0.610. The van der Waals surface area contributed by atoms with E-state index in [0.717, 1.165) is 11.1 Å². The highest BCUT2D eigenvalue weighted by molar-refractivity contribution is 6.42. The van der Waals surface area contributed by atoms with Gasteiger partial charge in [-0.1, -0.05) is 24.3 Å². The van der Waals surface area contributed by atoms with Gasteiger partial charge >= 0.3 is 0 Å². The van der Waals surface area contributed by atoms with Crippen LogP contribution in [0.15, 0.2) is 36.7 Å². The van der Waals surface area contributed by atoms with E-state index in [0.29, 0.717) is 6.54 Å². The van der Waals surface area contributed by atoms with Crippen LogP contribution >= 0.6 is 0 Å². The zero-order valence-electron chi connectivity index (χ0n) is 11.7. The highest BCUT2D eigenvalue weighted by Crippen LogP contribution is 2.08. The van der Waals surface area contributed by atoms with Crippen LogP contribution in [0.2, 0.25) is 0 Å². The zero-order chi connectivity index (χ0) is 15.2. The van der Waals surface area contributed by atoms with Gasteiger partial charge in [0.05, 0.1) is 18.4 Å². The third-order valence-corrected chi connectivity index (χ3v) is 3.15. The van der Waals surface area contributed by atoms with E-state index in [4.69, 9.17) is 0 Å². The molecule has 0 spiro atoms. The van der Waals surface area contributed by atoms with Crippen LogP contribution in [0.3, 0.4) is 0 Å². The van der Waals surface area contributed by atoms with Gasteiger partial charge in [-0.2, -0.15) is 5.10 Å². The van der Waals surface area contributed by atoms with Crippen LogP contribution in [-0.4, -0.2) is 26.6 Å². The number of hydrogen-bond donors (Lipinski definition) is 2. The van der Waals surface area contributed by atoms with Gasteiger partial charge in [-0.25, -0.2) is 0 Å². The molecule has 6 nitrogen and oxygen atoms in total. The van der Waals surface area contributed by atoms with E-state index >= 15 is 0 Å². The van der Waals surface area contributed by atoms with Gasteiger partial charge in [0.1, 0.15) is 0 Å². The molecule has 1 aromatic carbocycles. The second-order valence-corrected chi connectivity index (χ2v) is 4.52. The Kier molecular flexibility index (Phi) is 4.84. The number of nitrogens with zero attached hydrogens (tertiary/aromatic N) is 2. The van der Waals surface area contributed by atoms with Crippen molar-refractivity contribution in [3.63, 3.8) is 0 Å². The number of aromatic nitrogens is 2. The first-order valence-corrected chi connectivity index (χ1v) is 6.68. The van der Waals surface area contributed by atoms with E-state index < -0.39 is 11.7 Å². The van der Waals surface area contributed by atoms with Crippen LogP contribution in [0.1, 0.15) is 28.4 Å². The third kappa shape index (κ3) is 3.55. The first kappa shape index (κ1) is 14.9. The van der Waals surface area contributed by atoms with Crippen molar-refractivity contribution in [2.45, 2.75) is 26.6 Å². The topological polar surface area (TPSA) is 84.2 Å². The molecule has 6 heteroatoms. The summed E-state index contributed by atoms with van der Waals surface area (Å²) in [4.78, 5) is 23.8. The molecule has 0 unspecified atom stereocenters. The number of ketones is 1. The lowest BCUT2D eigenvalue weighted by Gasteiger charge is -2.08. The molecular formula is C15H17N3O3. The van der Waals surface area contributed by atoms with Gasteiger partial charge in [-0.05, 0) is 18.1 Å². The van der Waals surface area contributed by atoms with Crippen molar-refractivity contribution < 1.29 is 14.7 Å². The average Bonchev–Trinajstić information content (AvgIpc) is 3.01. The molecule has 0 aliphatic carbocycles. The predicted octanol–water partition coefficient (Wildman–Crippen LogP) is 0.894. The average molecular weight is 287 g/mol. The van der Waals surface area contributed by atoms with Gasteiger partial charge in [0.25, 0.3) is 11.7 Å². The van der Waals surface area contributed by atoms with E-state index in [1.165, 1.54) is 6.20 Å². The fourth-order valence-electron chi connectivity index (χ4n) is 1.92. The molecule has 0 aliphatic heterocycles. The van der Waals surface area contributed by atoms with Gasteiger partial charge in [0.2, 0.25) is 0 Å². The highest BCUT2D eigenvalue weighted by Gasteiger charge is 2.17. The molecule has 0 saturated carbocycles. The Morgan fingerprint density at radius 1 is 1.29 bits per heavy atom. The van der Waals surface area contributed by atoms with Crippen LogP contribution in [0, 0.1) is 0 Å². The van der Waals surface area contributed by atoms with E-state index in [1.54, 1.807) is 29.1 Å². The number of aliphatic hydroxyl groups is 1. The smallest absolute Gasteiger partial charge is 0.292 e. The minimum absolute atomic E-state index is 0.108. The second kappa shape index (κ2) is 6.81. The van der Waals surface area contributed by atoms with Crippen LogP contribution in [0.25, 0.3) is 0 Å². The van der Waals surface area contributed by atoms with Gasteiger partial charge in [0, 0.05) is 19.3 Å². The number of benzene rings is 1. The van der Waals surface area contributed by atoms with E-state index in [2.05, 4.69) is 10.4 Å². The number of aryl methyl sites for hydroxylation is 1. The third-order valence-electron chi connectivity index (χ3n) is 3.15. The second-order valence-electron chi connectivity index (χ2n) is 4.52. The summed E-state index contributed by atoms with van der Waals surface area (Å²) in [6, 6.07) is 7.19. The number of rotatable bonds is 6. The number of Topliss-reactive ketones (excluding diaryl/α,β-unsaturated/α-hetero) is 1. The van der Waals surface area contributed by atoms with Crippen molar-refractivity contribution in [2.24, 2.45) is 0 Å². The number of carbonyl (C=O) groups is 2. The molecule has 0 aliphatic rings. The maximum Gasteiger partial charge on any atom is 0.292 e. The number of aliphatic hydroxyl groups excluding tert-OH is 1. The monoisotopic (exact) mass is 287 g/mol. The molecule has 2 N–H and O–H groups in total. The summed E-state index contributed by atoms with van der Waals surface area (Å²) in [5.41, 5.74) is 1.78. The van der Waals surface area contributed by atoms with E-state index in [1.807, 2.05) is 13.0 Å². The Balaban J connectivity index is 1.99. The van der Waals surface area contributed by atoms with Crippen LogP contribution < -0.4 is 5.32 Å². The first-order chi connectivity index (χ1) is 10.2. The number of amides is 1. The Morgan fingerprint density at radius 2 is 2.00 bits per heavy atom. The van der Waals surface area contributed by atoms with E-state index in [-0.39, 0.29) is 18.7 Å². The molecule has 0 fully saturated rings. The Morgan fingerprint density at radius 3 is 2.62 bits per heavy atom. The van der Waals surface area contributed by atoms with Crippen molar-refractivity contribution in [1.29, 1.82) is 0 Å². The Bertz CT molecular complexity index is 649. The molecular weight excluding hydrogens is 270 g/mol. The fraction of sp³-hybridized carbons (Fsp3) is 0.267. The normalized spacial score (nSPS) is 10.4. The van der Waals surface area contributed by atoms with Gasteiger partial charge in [0.15, 0.2) is 0 Å². The number of carbonyl (C=O) groups excluding carboxylic acids is 2. The maximum atomic E-state index is 11.9. The predicted molar refractivity (Wildman–Crippen MR) is 76.4 cm³/mol. The lowest BCUT2D eigenvalue weighted by atomic mass is 10.1. The molecule has 0 saturated heterocycles. The van der Waals surface area contributed by atoms with Crippen molar-refractivity contribution in [1.82, 2.24) is 15.1 Å².